The van der Waals surface area contributed by atoms with Gasteiger partial charge in [0.25, 0.3) is 0 Å². The highest BCUT2D eigenvalue weighted by atomic mass is 35.5. The third kappa shape index (κ3) is 8.03. The molecule has 0 radical (unpaired) electrons. The van der Waals surface area contributed by atoms with Crippen molar-refractivity contribution in [3.63, 3.8) is 0 Å². The molecular formula is C21H26Cl2N4OS. The fourth-order valence-corrected chi connectivity index (χ4v) is 3.09. The minimum atomic E-state index is 0. The molecule has 0 saturated heterocycles. The van der Waals surface area contributed by atoms with E-state index in [1.165, 1.54) is 0 Å². The van der Waals surface area contributed by atoms with Crippen molar-refractivity contribution in [2.45, 2.75) is 13.3 Å². The molecular weight excluding hydrogens is 427 g/mol. The highest BCUT2D eigenvalue weighted by Gasteiger charge is 2.10. The molecule has 0 aliphatic carbocycles. The normalized spacial score (nSPS) is 10.5. The Bertz CT molecular complexity index is 901. The second-order valence-corrected chi connectivity index (χ2v) is 7.30. The number of rotatable bonds is 8. The van der Waals surface area contributed by atoms with E-state index in [2.05, 4.69) is 46.4 Å². The van der Waals surface area contributed by atoms with Crippen LogP contribution in [0.4, 0.5) is 10.9 Å². The molecule has 0 atom stereocenters. The van der Waals surface area contributed by atoms with Gasteiger partial charge in [0.15, 0.2) is 16.7 Å². The van der Waals surface area contributed by atoms with Crippen LogP contribution in [0, 0.1) is 6.92 Å². The number of para-hydroxylation sites is 1. The van der Waals surface area contributed by atoms with Crippen molar-refractivity contribution in [1.82, 2.24) is 14.9 Å². The Morgan fingerprint density at radius 3 is 2.59 bits per heavy atom. The summed E-state index contributed by atoms with van der Waals surface area (Å²) in [6, 6.07) is 11.7. The van der Waals surface area contributed by atoms with Gasteiger partial charge in [-0.3, -0.25) is 0 Å². The van der Waals surface area contributed by atoms with E-state index >= 15 is 0 Å². The molecule has 0 aliphatic heterocycles. The molecule has 0 aliphatic rings. The number of nitrogens with zero attached hydrogens (tertiary/aromatic N) is 3. The fourth-order valence-electron chi connectivity index (χ4n) is 2.40. The summed E-state index contributed by atoms with van der Waals surface area (Å²) in [5.41, 5.74) is 1.98. The SMILES string of the molecule is Cc1csc(Nc2ncc(C=CCCN(C)C)cc2Oc2ccccc2)n1.Cl.Cl. The van der Waals surface area contributed by atoms with Gasteiger partial charge in [0.05, 0.1) is 5.69 Å². The molecule has 3 aromatic rings. The Kier molecular flexibility index (Phi) is 10.7. The number of anilines is 2. The van der Waals surface area contributed by atoms with E-state index < -0.39 is 0 Å². The van der Waals surface area contributed by atoms with E-state index in [4.69, 9.17) is 4.74 Å². The molecule has 0 fully saturated rings. The molecule has 0 spiro atoms. The van der Waals surface area contributed by atoms with Crippen LogP contribution in [0.5, 0.6) is 11.5 Å². The van der Waals surface area contributed by atoms with Gasteiger partial charge in [-0.1, -0.05) is 30.4 Å². The zero-order chi connectivity index (χ0) is 19.1. The van der Waals surface area contributed by atoms with Gasteiger partial charge in [-0.2, -0.15) is 0 Å². The number of pyridine rings is 1. The number of nitrogens with one attached hydrogen (secondary N) is 1. The second-order valence-electron chi connectivity index (χ2n) is 6.44. The maximum Gasteiger partial charge on any atom is 0.188 e. The Hall–Kier alpha value is -2.12. The summed E-state index contributed by atoms with van der Waals surface area (Å²) in [4.78, 5) is 11.2. The lowest BCUT2D eigenvalue weighted by molar-refractivity contribution is 0.417. The Morgan fingerprint density at radius 1 is 1.17 bits per heavy atom. The molecule has 29 heavy (non-hydrogen) atoms. The first-order chi connectivity index (χ1) is 13.1. The van der Waals surface area contributed by atoms with Crippen molar-refractivity contribution in [3.8, 4) is 11.5 Å². The summed E-state index contributed by atoms with van der Waals surface area (Å²) >= 11 is 1.55. The molecule has 5 nitrogen and oxygen atoms in total. The summed E-state index contributed by atoms with van der Waals surface area (Å²) < 4.78 is 6.08. The lowest BCUT2D eigenvalue weighted by Crippen LogP contribution is -2.11. The van der Waals surface area contributed by atoms with E-state index in [1.807, 2.05) is 54.9 Å². The molecule has 8 heteroatoms. The van der Waals surface area contributed by atoms with E-state index in [-0.39, 0.29) is 24.8 Å². The molecule has 1 N–H and O–H groups in total. The molecule has 0 unspecified atom stereocenters. The summed E-state index contributed by atoms with van der Waals surface area (Å²) in [6.07, 6.45) is 7.05. The van der Waals surface area contributed by atoms with Gasteiger partial charge in [-0.25, -0.2) is 9.97 Å². The van der Waals surface area contributed by atoms with E-state index in [0.717, 1.165) is 35.1 Å². The van der Waals surface area contributed by atoms with Crippen LogP contribution in [-0.4, -0.2) is 35.5 Å². The monoisotopic (exact) mass is 452 g/mol. The van der Waals surface area contributed by atoms with Crippen LogP contribution in [0.2, 0.25) is 0 Å². The number of aryl methyl sites for hydroxylation is 1. The highest BCUT2D eigenvalue weighted by molar-refractivity contribution is 7.13. The van der Waals surface area contributed by atoms with Crippen molar-refractivity contribution in [2.75, 3.05) is 26.0 Å². The minimum absolute atomic E-state index is 0. The van der Waals surface area contributed by atoms with Crippen molar-refractivity contribution in [3.05, 3.63) is 65.3 Å². The van der Waals surface area contributed by atoms with Crippen molar-refractivity contribution < 1.29 is 4.74 Å². The highest BCUT2D eigenvalue weighted by Crippen LogP contribution is 2.32. The molecule has 0 saturated carbocycles. The van der Waals surface area contributed by atoms with Crippen molar-refractivity contribution >= 4 is 53.2 Å². The van der Waals surface area contributed by atoms with E-state index in [1.54, 1.807) is 11.3 Å². The first kappa shape index (κ1) is 24.9. The van der Waals surface area contributed by atoms with Crippen LogP contribution in [0.15, 0.2) is 54.1 Å². The fraction of sp³-hybridized carbons (Fsp3) is 0.238. The molecule has 0 amide bonds. The van der Waals surface area contributed by atoms with Gasteiger partial charge in [-0.15, -0.1) is 36.2 Å². The predicted molar refractivity (Wildman–Crippen MR) is 128 cm³/mol. The molecule has 1 aromatic carbocycles. The van der Waals surface area contributed by atoms with E-state index in [0.29, 0.717) is 11.6 Å². The van der Waals surface area contributed by atoms with Gasteiger partial charge in [0.2, 0.25) is 0 Å². The standard InChI is InChI=1S/C21H24N4OS.2ClH/c1-16-15-27-21(23-16)24-20-19(26-18-10-5-4-6-11-18)13-17(14-22-20)9-7-8-12-25(2)3;;/h4-7,9-11,13-15H,8,12H2,1-3H3,(H,22,23,24);2*1H. The number of benzene rings is 1. The third-order valence-corrected chi connectivity index (χ3v) is 4.62. The van der Waals surface area contributed by atoms with Gasteiger partial charge in [0.1, 0.15) is 5.75 Å². The number of hydrogen-bond donors (Lipinski definition) is 1. The van der Waals surface area contributed by atoms with Crippen molar-refractivity contribution in [1.29, 1.82) is 0 Å². The maximum absolute atomic E-state index is 6.08. The number of hydrogen-bond acceptors (Lipinski definition) is 6. The molecule has 2 heterocycles. The quantitative estimate of drug-likeness (QED) is 0.441. The lowest BCUT2D eigenvalue weighted by atomic mass is 10.2. The summed E-state index contributed by atoms with van der Waals surface area (Å²) in [7, 11) is 4.14. The van der Waals surface area contributed by atoms with Crippen LogP contribution in [0.25, 0.3) is 6.08 Å². The minimum Gasteiger partial charge on any atom is -0.453 e. The lowest BCUT2D eigenvalue weighted by Gasteiger charge is -2.12. The largest absolute Gasteiger partial charge is 0.453 e. The average Bonchev–Trinajstić information content (AvgIpc) is 3.06. The van der Waals surface area contributed by atoms with E-state index in [9.17, 15) is 0 Å². The Balaban J connectivity index is 0.00000210. The summed E-state index contributed by atoms with van der Waals surface area (Å²) in [5, 5.41) is 6.06. The number of aromatic nitrogens is 2. The van der Waals surface area contributed by atoms with Crippen molar-refractivity contribution in [2.24, 2.45) is 0 Å². The number of halogens is 2. The van der Waals surface area contributed by atoms with Gasteiger partial charge in [-0.05, 0) is 51.2 Å². The number of thiazole rings is 1. The zero-order valence-corrected chi connectivity index (χ0v) is 19.1. The molecule has 3 rings (SSSR count). The zero-order valence-electron chi connectivity index (χ0n) is 16.7. The van der Waals surface area contributed by atoms with Crippen LogP contribution in [0.1, 0.15) is 17.7 Å². The van der Waals surface area contributed by atoms with Gasteiger partial charge < -0.3 is 15.0 Å². The molecule has 156 valence electrons. The first-order valence-corrected chi connectivity index (χ1v) is 9.71. The van der Waals surface area contributed by atoms with Crippen LogP contribution in [0.3, 0.4) is 0 Å². The number of ether oxygens (including phenoxy) is 1. The maximum atomic E-state index is 6.08. The van der Waals surface area contributed by atoms with Crippen LogP contribution in [-0.2, 0) is 0 Å². The first-order valence-electron chi connectivity index (χ1n) is 8.83. The van der Waals surface area contributed by atoms with Gasteiger partial charge >= 0.3 is 0 Å². The Morgan fingerprint density at radius 2 is 1.93 bits per heavy atom. The third-order valence-electron chi connectivity index (χ3n) is 3.74. The summed E-state index contributed by atoms with van der Waals surface area (Å²) in [5.74, 6) is 2.09. The van der Waals surface area contributed by atoms with Crippen LogP contribution < -0.4 is 10.1 Å². The smallest absolute Gasteiger partial charge is 0.188 e. The Labute approximate surface area is 188 Å². The molecule has 2 aromatic heterocycles. The predicted octanol–water partition coefficient (Wildman–Crippen LogP) is 6.19. The molecule has 0 bridgehead atoms. The van der Waals surface area contributed by atoms with Gasteiger partial charge in [0, 0.05) is 18.1 Å². The second kappa shape index (κ2) is 12.4. The average molecular weight is 453 g/mol. The van der Waals surface area contributed by atoms with Crippen LogP contribution >= 0.6 is 36.2 Å². The summed E-state index contributed by atoms with van der Waals surface area (Å²) in [6.45, 7) is 2.98. The topological polar surface area (TPSA) is 50.3 Å².